The molecule has 1 fully saturated rings. The van der Waals surface area contributed by atoms with Gasteiger partial charge in [-0.25, -0.2) is 9.97 Å². The maximum absolute atomic E-state index is 13.1. The summed E-state index contributed by atoms with van der Waals surface area (Å²) in [6.45, 7) is 1.08. The average molecular weight is 550 g/mol. The van der Waals surface area contributed by atoms with Crippen molar-refractivity contribution in [2.75, 3.05) is 19.5 Å². The van der Waals surface area contributed by atoms with Crippen molar-refractivity contribution >= 4 is 22.6 Å². The molecule has 0 bridgehead atoms. The van der Waals surface area contributed by atoms with Gasteiger partial charge in [-0.1, -0.05) is 29.4 Å². The standard InChI is InChI=1S/C32H31N5O4/c1-39-26-10-6-24(30(16-26)40-2)18-33-32-28-15-23(7-11-29(28)34-20-35-32)22-5-3-4-21(14-22)19-37(25-8-9-25)31(38)17-27-12-13-36-41-27/h3-7,10-16,20,25H,8-9,17-19H2,1-2H3,(H,33,34,35). The minimum absolute atomic E-state index is 0.0571. The summed E-state index contributed by atoms with van der Waals surface area (Å²) in [4.78, 5) is 24.0. The lowest BCUT2D eigenvalue weighted by molar-refractivity contribution is -0.132. The fraction of sp³-hybridized carbons (Fsp3) is 0.250. The molecule has 2 aromatic heterocycles. The molecule has 6 rings (SSSR count). The van der Waals surface area contributed by atoms with Gasteiger partial charge in [-0.15, -0.1) is 0 Å². The number of aromatic nitrogens is 3. The molecule has 0 saturated heterocycles. The van der Waals surface area contributed by atoms with Crippen molar-refractivity contribution in [3.05, 3.63) is 96.1 Å². The molecule has 0 atom stereocenters. The first-order valence-corrected chi connectivity index (χ1v) is 13.6. The highest BCUT2D eigenvalue weighted by Crippen LogP contribution is 2.32. The minimum Gasteiger partial charge on any atom is -0.497 e. The zero-order chi connectivity index (χ0) is 28.2. The number of methoxy groups -OCH3 is 2. The van der Waals surface area contributed by atoms with Crippen LogP contribution in [0.5, 0.6) is 11.5 Å². The molecule has 5 aromatic rings. The van der Waals surface area contributed by atoms with Crippen LogP contribution in [0, 0.1) is 0 Å². The quantitative estimate of drug-likeness (QED) is 0.226. The Labute approximate surface area is 238 Å². The van der Waals surface area contributed by atoms with Gasteiger partial charge >= 0.3 is 0 Å². The summed E-state index contributed by atoms with van der Waals surface area (Å²) in [6, 6.07) is 22.3. The van der Waals surface area contributed by atoms with Crippen molar-refractivity contribution in [1.82, 2.24) is 20.0 Å². The summed E-state index contributed by atoms with van der Waals surface area (Å²) in [6.07, 6.45) is 5.42. The average Bonchev–Trinajstić information content (AvgIpc) is 3.73. The lowest BCUT2D eigenvalue weighted by atomic mass is 10.0. The lowest BCUT2D eigenvalue weighted by Crippen LogP contribution is -2.33. The van der Waals surface area contributed by atoms with Crippen LogP contribution < -0.4 is 14.8 Å². The summed E-state index contributed by atoms with van der Waals surface area (Å²) in [5.74, 6) is 2.87. The van der Waals surface area contributed by atoms with E-state index in [9.17, 15) is 4.79 Å². The van der Waals surface area contributed by atoms with E-state index in [0.29, 0.717) is 18.8 Å². The van der Waals surface area contributed by atoms with E-state index in [1.165, 1.54) is 0 Å². The highest BCUT2D eigenvalue weighted by molar-refractivity contribution is 5.92. The van der Waals surface area contributed by atoms with Crippen LogP contribution in [0.3, 0.4) is 0 Å². The van der Waals surface area contributed by atoms with Crippen LogP contribution in [0.2, 0.25) is 0 Å². The summed E-state index contributed by atoms with van der Waals surface area (Å²) >= 11 is 0. The zero-order valence-electron chi connectivity index (χ0n) is 23.0. The molecule has 0 radical (unpaired) electrons. The van der Waals surface area contributed by atoms with Gasteiger partial charge in [0.05, 0.1) is 32.4 Å². The fourth-order valence-electron chi connectivity index (χ4n) is 4.99. The number of rotatable bonds is 11. The van der Waals surface area contributed by atoms with E-state index in [0.717, 1.165) is 63.3 Å². The third-order valence-electron chi connectivity index (χ3n) is 7.31. The molecular weight excluding hydrogens is 518 g/mol. The summed E-state index contributed by atoms with van der Waals surface area (Å²) in [5, 5.41) is 8.10. The molecule has 9 nitrogen and oxygen atoms in total. The van der Waals surface area contributed by atoms with Gasteiger partial charge in [-0.2, -0.15) is 0 Å². The van der Waals surface area contributed by atoms with Crippen molar-refractivity contribution in [3.63, 3.8) is 0 Å². The molecule has 3 aromatic carbocycles. The molecule has 1 aliphatic rings. The number of fused-ring (bicyclic) bond motifs is 1. The van der Waals surface area contributed by atoms with E-state index in [-0.39, 0.29) is 18.4 Å². The molecule has 41 heavy (non-hydrogen) atoms. The Kier molecular flexibility index (Phi) is 7.49. The first-order chi connectivity index (χ1) is 20.1. The normalized spacial score (nSPS) is 12.7. The number of ether oxygens (including phenoxy) is 2. The molecule has 1 saturated carbocycles. The van der Waals surface area contributed by atoms with E-state index in [4.69, 9.17) is 14.0 Å². The molecule has 208 valence electrons. The molecule has 0 unspecified atom stereocenters. The predicted octanol–water partition coefficient (Wildman–Crippen LogP) is 5.65. The number of carbonyl (C=O) groups excluding carboxylic acids is 1. The predicted molar refractivity (Wildman–Crippen MR) is 156 cm³/mol. The smallest absolute Gasteiger partial charge is 0.230 e. The summed E-state index contributed by atoms with van der Waals surface area (Å²) < 4.78 is 16.0. The molecular formula is C32H31N5O4. The van der Waals surface area contributed by atoms with Crippen LogP contribution in [0.15, 0.2) is 83.8 Å². The third kappa shape index (κ3) is 5.99. The number of amides is 1. The number of anilines is 1. The van der Waals surface area contributed by atoms with Crippen molar-refractivity contribution in [1.29, 1.82) is 0 Å². The van der Waals surface area contributed by atoms with Gasteiger partial charge in [-0.3, -0.25) is 4.79 Å². The van der Waals surface area contributed by atoms with Gasteiger partial charge in [0.2, 0.25) is 5.91 Å². The van der Waals surface area contributed by atoms with Gasteiger partial charge in [-0.05, 0) is 59.9 Å². The van der Waals surface area contributed by atoms with Gasteiger partial charge in [0.15, 0.2) is 0 Å². The monoisotopic (exact) mass is 549 g/mol. The van der Waals surface area contributed by atoms with Crippen LogP contribution in [0.4, 0.5) is 5.82 Å². The largest absolute Gasteiger partial charge is 0.497 e. The Morgan fingerprint density at radius 3 is 2.66 bits per heavy atom. The maximum atomic E-state index is 13.1. The number of hydrogen-bond donors (Lipinski definition) is 1. The highest BCUT2D eigenvalue weighted by atomic mass is 16.5. The van der Waals surface area contributed by atoms with E-state index in [1.807, 2.05) is 35.2 Å². The number of nitrogens with zero attached hydrogens (tertiary/aromatic N) is 4. The van der Waals surface area contributed by atoms with E-state index < -0.39 is 0 Å². The number of benzene rings is 3. The maximum Gasteiger partial charge on any atom is 0.230 e. The second-order valence-electron chi connectivity index (χ2n) is 10.1. The van der Waals surface area contributed by atoms with Crippen LogP contribution in [-0.2, 0) is 24.3 Å². The molecule has 0 aliphatic heterocycles. The van der Waals surface area contributed by atoms with E-state index >= 15 is 0 Å². The molecule has 2 heterocycles. The third-order valence-corrected chi connectivity index (χ3v) is 7.31. The first kappa shape index (κ1) is 26.3. The number of carbonyl (C=O) groups is 1. The summed E-state index contributed by atoms with van der Waals surface area (Å²) in [5.41, 5.74) is 5.03. The van der Waals surface area contributed by atoms with Crippen molar-refractivity contribution < 1.29 is 18.8 Å². The van der Waals surface area contributed by atoms with Crippen molar-refractivity contribution in [3.8, 4) is 22.6 Å². The SMILES string of the molecule is COc1ccc(CNc2ncnc3ccc(-c4cccc(CN(C(=O)Cc5ccno5)C5CC5)c4)cc23)c(OC)c1. The lowest BCUT2D eigenvalue weighted by Gasteiger charge is -2.22. The van der Waals surface area contributed by atoms with Crippen LogP contribution in [-0.4, -0.2) is 46.2 Å². The summed E-state index contributed by atoms with van der Waals surface area (Å²) in [7, 11) is 3.28. The topological polar surface area (TPSA) is 103 Å². The Hall–Kier alpha value is -4.92. The van der Waals surface area contributed by atoms with Gasteiger partial charge in [0.1, 0.15) is 29.4 Å². The first-order valence-electron chi connectivity index (χ1n) is 13.6. The molecule has 0 spiro atoms. The second kappa shape index (κ2) is 11.7. The van der Waals surface area contributed by atoms with E-state index in [2.05, 4.69) is 50.8 Å². The van der Waals surface area contributed by atoms with Gasteiger partial charge in [0, 0.05) is 42.2 Å². The molecule has 9 heteroatoms. The zero-order valence-corrected chi connectivity index (χ0v) is 23.0. The minimum atomic E-state index is 0.0571. The molecule has 1 aliphatic carbocycles. The highest BCUT2D eigenvalue weighted by Gasteiger charge is 2.32. The molecule has 1 amide bonds. The van der Waals surface area contributed by atoms with Crippen LogP contribution in [0.1, 0.15) is 29.7 Å². The number of hydrogen-bond acceptors (Lipinski definition) is 8. The van der Waals surface area contributed by atoms with Crippen LogP contribution in [0.25, 0.3) is 22.0 Å². The number of nitrogens with one attached hydrogen (secondary N) is 1. The Bertz CT molecular complexity index is 1670. The van der Waals surface area contributed by atoms with Crippen LogP contribution >= 0.6 is 0 Å². The van der Waals surface area contributed by atoms with Gasteiger partial charge < -0.3 is 24.2 Å². The van der Waals surface area contributed by atoms with Crippen molar-refractivity contribution in [2.45, 2.75) is 38.4 Å². The van der Waals surface area contributed by atoms with Gasteiger partial charge in [0.25, 0.3) is 0 Å². The molecule has 1 N–H and O–H groups in total. The van der Waals surface area contributed by atoms with E-state index in [1.54, 1.807) is 32.8 Å². The second-order valence-corrected chi connectivity index (χ2v) is 10.1. The Morgan fingerprint density at radius 2 is 1.88 bits per heavy atom. The Balaban J connectivity index is 1.23. The fourth-order valence-corrected chi connectivity index (χ4v) is 4.99. The van der Waals surface area contributed by atoms with Crippen molar-refractivity contribution in [2.24, 2.45) is 0 Å². The Morgan fingerprint density at radius 1 is 1.00 bits per heavy atom.